The minimum Gasteiger partial charge on any atom is -0.497 e. The van der Waals surface area contributed by atoms with Crippen LogP contribution in [0.25, 0.3) is 0 Å². The molecule has 1 unspecified atom stereocenters. The van der Waals surface area contributed by atoms with Gasteiger partial charge in [0.1, 0.15) is 12.3 Å². The predicted octanol–water partition coefficient (Wildman–Crippen LogP) is 2.55. The van der Waals surface area contributed by atoms with Crippen LogP contribution in [-0.4, -0.2) is 94.5 Å². The van der Waals surface area contributed by atoms with Crippen molar-refractivity contribution < 1.29 is 19.0 Å². The second-order valence-electron chi connectivity index (χ2n) is 8.61. The maximum atomic E-state index is 12.1. The Morgan fingerprint density at radius 1 is 1.21 bits per heavy atom. The van der Waals surface area contributed by atoms with Crippen molar-refractivity contribution in [1.29, 1.82) is 0 Å². The van der Waals surface area contributed by atoms with Crippen molar-refractivity contribution in [2.24, 2.45) is 4.99 Å². The van der Waals surface area contributed by atoms with E-state index in [0.29, 0.717) is 6.61 Å². The third kappa shape index (κ3) is 9.29. The van der Waals surface area contributed by atoms with Crippen molar-refractivity contribution in [3.8, 4) is 5.75 Å². The van der Waals surface area contributed by atoms with Crippen LogP contribution < -0.4 is 10.1 Å². The normalized spacial score (nSPS) is 19.2. The second kappa shape index (κ2) is 14.6. The Hall–Kier alpha value is -1.59. The molecule has 0 spiro atoms. The van der Waals surface area contributed by atoms with Crippen LogP contribution in [-0.2, 0) is 20.7 Å². The molecule has 2 fully saturated rings. The zero-order chi connectivity index (χ0) is 22.8. The van der Waals surface area contributed by atoms with Crippen molar-refractivity contribution in [2.45, 2.75) is 44.3 Å². The lowest BCUT2D eigenvalue weighted by Crippen LogP contribution is -2.48. The molecule has 1 aromatic carbocycles. The van der Waals surface area contributed by atoms with Crippen molar-refractivity contribution in [3.63, 3.8) is 0 Å². The van der Waals surface area contributed by atoms with E-state index in [1.807, 2.05) is 12.1 Å². The van der Waals surface area contributed by atoms with E-state index in [0.717, 1.165) is 70.1 Å². The molecule has 8 nitrogen and oxygen atoms in total. The molecule has 0 saturated carbocycles. The summed E-state index contributed by atoms with van der Waals surface area (Å²) in [5.41, 5.74) is 1.23. The summed E-state index contributed by atoms with van der Waals surface area (Å²) < 4.78 is 17.0. The van der Waals surface area contributed by atoms with E-state index in [9.17, 15) is 4.79 Å². The molecule has 1 amide bonds. The van der Waals surface area contributed by atoms with Crippen molar-refractivity contribution in [3.05, 3.63) is 29.8 Å². The maximum Gasteiger partial charge on any atom is 0.243 e. The number of likely N-dealkylation sites (tertiary alicyclic amines) is 1. The van der Waals surface area contributed by atoms with Gasteiger partial charge < -0.3 is 29.3 Å². The molecule has 1 atom stereocenters. The van der Waals surface area contributed by atoms with Crippen molar-refractivity contribution in [2.75, 3.05) is 60.6 Å². The fourth-order valence-corrected chi connectivity index (χ4v) is 3.92. The monoisotopic (exact) mass is 574 g/mol. The SMILES string of the molecule is COc1ccc(CCNC(=NCC(=O)N(C)C)N2CCC(OCC3CCCO3)CC2)cc1.I. The Morgan fingerprint density at radius 2 is 1.94 bits per heavy atom. The van der Waals surface area contributed by atoms with Gasteiger partial charge in [-0.1, -0.05) is 12.1 Å². The topological polar surface area (TPSA) is 75.6 Å². The first-order valence-corrected chi connectivity index (χ1v) is 11.6. The molecule has 2 saturated heterocycles. The number of methoxy groups -OCH3 is 1. The zero-order valence-corrected chi connectivity index (χ0v) is 22.5. The van der Waals surface area contributed by atoms with Crippen LogP contribution in [0.1, 0.15) is 31.2 Å². The van der Waals surface area contributed by atoms with E-state index in [1.165, 1.54) is 5.56 Å². The Labute approximate surface area is 215 Å². The molecule has 33 heavy (non-hydrogen) atoms. The van der Waals surface area contributed by atoms with Crippen LogP contribution in [0.4, 0.5) is 0 Å². The van der Waals surface area contributed by atoms with Crippen LogP contribution in [0.15, 0.2) is 29.3 Å². The minimum atomic E-state index is -0.00534. The van der Waals surface area contributed by atoms with Gasteiger partial charge in [-0.2, -0.15) is 0 Å². The number of nitrogens with one attached hydrogen (secondary N) is 1. The van der Waals surface area contributed by atoms with Crippen LogP contribution in [0.5, 0.6) is 5.75 Å². The molecule has 9 heteroatoms. The van der Waals surface area contributed by atoms with Crippen LogP contribution in [0, 0.1) is 0 Å². The summed E-state index contributed by atoms with van der Waals surface area (Å²) in [4.78, 5) is 20.5. The molecule has 0 aliphatic carbocycles. The highest BCUT2D eigenvalue weighted by Gasteiger charge is 2.24. The maximum absolute atomic E-state index is 12.1. The molecular weight excluding hydrogens is 535 g/mol. The number of benzene rings is 1. The van der Waals surface area contributed by atoms with Gasteiger partial charge in [-0.05, 0) is 49.8 Å². The number of rotatable bonds is 9. The molecule has 3 rings (SSSR count). The average Bonchev–Trinajstić information content (AvgIpc) is 3.34. The van der Waals surface area contributed by atoms with Gasteiger partial charge in [0.2, 0.25) is 5.91 Å². The van der Waals surface area contributed by atoms with Gasteiger partial charge in [0, 0.05) is 40.3 Å². The number of guanidine groups is 1. The number of piperidine rings is 1. The summed E-state index contributed by atoms with van der Waals surface area (Å²) >= 11 is 0. The summed E-state index contributed by atoms with van der Waals surface area (Å²) in [6.07, 6.45) is 5.54. The van der Waals surface area contributed by atoms with E-state index >= 15 is 0 Å². The molecule has 1 N–H and O–H groups in total. The van der Waals surface area contributed by atoms with Gasteiger partial charge >= 0.3 is 0 Å². The van der Waals surface area contributed by atoms with Crippen LogP contribution in [0.2, 0.25) is 0 Å². The van der Waals surface area contributed by atoms with Crippen molar-refractivity contribution >= 4 is 35.8 Å². The molecule has 2 aliphatic rings. The highest BCUT2D eigenvalue weighted by Crippen LogP contribution is 2.18. The van der Waals surface area contributed by atoms with Gasteiger partial charge in [0.25, 0.3) is 0 Å². The second-order valence-corrected chi connectivity index (χ2v) is 8.61. The Bertz CT molecular complexity index is 730. The number of hydrogen-bond acceptors (Lipinski definition) is 5. The molecule has 0 radical (unpaired) electrons. The third-order valence-electron chi connectivity index (χ3n) is 6.00. The number of aliphatic imine (C=N–C) groups is 1. The first-order chi connectivity index (χ1) is 15.5. The fraction of sp³-hybridized carbons (Fsp3) is 0.667. The highest BCUT2D eigenvalue weighted by atomic mass is 127. The number of carbonyl (C=O) groups excluding carboxylic acids is 1. The summed E-state index contributed by atoms with van der Waals surface area (Å²) in [6.45, 7) is 4.18. The smallest absolute Gasteiger partial charge is 0.243 e. The minimum absolute atomic E-state index is 0. The van der Waals surface area contributed by atoms with Crippen LogP contribution in [0.3, 0.4) is 0 Å². The van der Waals surface area contributed by atoms with E-state index in [4.69, 9.17) is 14.2 Å². The first-order valence-electron chi connectivity index (χ1n) is 11.6. The Kier molecular flexibility index (Phi) is 12.3. The largest absolute Gasteiger partial charge is 0.497 e. The fourth-order valence-electron chi connectivity index (χ4n) is 3.92. The van der Waals surface area contributed by atoms with E-state index in [-0.39, 0.29) is 48.6 Å². The summed E-state index contributed by atoms with van der Waals surface area (Å²) in [5, 5.41) is 3.47. The van der Waals surface area contributed by atoms with Gasteiger partial charge in [-0.25, -0.2) is 4.99 Å². The zero-order valence-electron chi connectivity index (χ0n) is 20.1. The van der Waals surface area contributed by atoms with E-state index < -0.39 is 0 Å². The summed E-state index contributed by atoms with van der Waals surface area (Å²) in [7, 11) is 5.18. The molecular formula is C24H39IN4O4. The molecule has 186 valence electrons. The highest BCUT2D eigenvalue weighted by molar-refractivity contribution is 14.0. The quantitative estimate of drug-likeness (QED) is 0.278. The summed E-state index contributed by atoms with van der Waals surface area (Å²) in [5.74, 6) is 1.65. The number of carbonyl (C=O) groups is 1. The van der Waals surface area contributed by atoms with Gasteiger partial charge in [0.15, 0.2) is 5.96 Å². The molecule has 0 aromatic heterocycles. The lowest BCUT2D eigenvalue weighted by atomic mass is 10.1. The average molecular weight is 575 g/mol. The number of hydrogen-bond donors (Lipinski definition) is 1. The molecule has 1 aromatic rings. The number of amides is 1. The van der Waals surface area contributed by atoms with E-state index in [1.54, 1.807) is 26.1 Å². The molecule has 0 bridgehead atoms. The van der Waals surface area contributed by atoms with Gasteiger partial charge in [-0.3, -0.25) is 4.79 Å². The number of ether oxygens (including phenoxy) is 3. The van der Waals surface area contributed by atoms with E-state index in [2.05, 4.69) is 27.3 Å². The number of likely N-dealkylation sites (N-methyl/N-ethyl adjacent to an activating group) is 1. The van der Waals surface area contributed by atoms with Crippen molar-refractivity contribution in [1.82, 2.24) is 15.1 Å². The van der Waals surface area contributed by atoms with Crippen LogP contribution >= 0.6 is 24.0 Å². The predicted molar refractivity (Wildman–Crippen MR) is 141 cm³/mol. The lowest BCUT2D eigenvalue weighted by Gasteiger charge is -2.34. The first kappa shape index (κ1) is 27.7. The lowest BCUT2D eigenvalue weighted by molar-refractivity contribution is -0.127. The standard InChI is InChI=1S/C24H38N4O4.HI/c1-27(2)23(29)17-26-24(25-13-10-19-6-8-20(30-3)9-7-19)28-14-11-21(12-15-28)32-18-22-5-4-16-31-22;/h6-9,21-22H,4-5,10-18H2,1-3H3,(H,25,26);1H. The third-order valence-corrected chi connectivity index (χ3v) is 6.00. The molecule has 2 aliphatic heterocycles. The Morgan fingerprint density at radius 3 is 2.55 bits per heavy atom. The number of nitrogens with zero attached hydrogens (tertiary/aromatic N) is 3. The summed E-state index contributed by atoms with van der Waals surface area (Å²) in [6, 6.07) is 8.09. The number of halogens is 1. The van der Waals surface area contributed by atoms with Gasteiger partial charge in [0.05, 0.1) is 25.9 Å². The Balaban J connectivity index is 0.00000385. The molecule has 2 heterocycles. The van der Waals surface area contributed by atoms with Gasteiger partial charge in [-0.15, -0.1) is 24.0 Å².